The SMILES string of the molecule is CCn1cc(-c2nnc(-c3cccc(Cl)c3)o2)cn1. The Kier molecular flexibility index (Phi) is 3.05. The normalized spacial score (nSPS) is 10.8. The van der Waals surface area contributed by atoms with Gasteiger partial charge in [-0.2, -0.15) is 5.10 Å². The van der Waals surface area contributed by atoms with Gasteiger partial charge in [-0.15, -0.1) is 10.2 Å². The molecule has 0 N–H and O–H groups in total. The molecule has 0 amide bonds. The van der Waals surface area contributed by atoms with E-state index >= 15 is 0 Å². The topological polar surface area (TPSA) is 56.7 Å². The predicted octanol–water partition coefficient (Wildman–Crippen LogP) is 3.27. The van der Waals surface area contributed by atoms with Crippen molar-refractivity contribution < 1.29 is 4.42 Å². The molecule has 0 saturated heterocycles. The lowest BCUT2D eigenvalue weighted by Crippen LogP contribution is -1.91. The third-order valence-electron chi connectivity index (χ3n) is 2.70. The highest BCUT2D eigenvalue weighted by atomic mass is 35.5. The first-order valence-corrected chi connectivity index (χ1v) is 6.26. The van der Waals surface area contributed by atoms with E-state index in [9.17, 15) is 0 Å². The molecule has 96 valence electrons. The summed E-state index contributed by atoms with van der Waals surface area (Å²) in [5, 5.41) is 12.9. The smallest absolute Gasteiger partial charge is 0.251 e. The van der Waals surface area contributed by atoms with E-state index in [2.05, 4.69) is 15.3 Å². The maximum Gasteiger partial charge on any atom is 0.251 e. The molecule has 2 heterocycles. The van der Waals surface area contributed by atoms with Crippen molar-refractivity contribution in [1.82, 2.24) is 20.0 Å². The molecule has 0 radical (unpaired) electrons. The third kappa shape index (κ3) is 2.37. The molecule has 1 aromatic carbocycles. The first-order chi connectivity index (χ1) is 9.26. The van der Waals surface area contributed by atoms with E-state index in [-0.39, 0.29) is 0 Å². The van der Waals surface area contributed by atoms with Crippen LogP contribution < -0.4 is 0 Å². The minimum Gasteiger partial charge on any atom is -0.416 e. The Morgan fingerprint density at radius 3 is 2.68 bits per heavy atom. The predicted molar refractivity (Wildman–Crippen MR) is 71.6 cm³/mol. The lowest BCUT2D eigenvalue weighted by Gasteiger charge is -1.94. The summed E-state index contributed by atoms with van der Waals surface area (Å²) >= 11 is 5.94. The number of nitrogens with zero attached hydrogens (tertiary/aromatic N) is 4. The molecule has 6 heteroatoms. The van der Waals surface area contributed by atoms with Crippen LogP contribution in [0.1, 0.15) is 6.92 Å². The van der Waals surface area contributed by atoms with Gasteiger partial charge >= 0.3 is 0 Å². The lowest BCUT2D eigenvalue weighted by atomic mass is 10.2. The Bertz CT molecular complexity index is 704. The van der Waals surface area contributed by atoms with Gasteiger partial charge in [0.05, 0.1) is 11.8 Å². The van der Waals surface area contributed by atoms with Gasteiger partial charge in [0.1, 0.15) is 0 Å². The van der Waals surface area contributed by atoms with Crippen molar-refractivity contribution in [3.05, 3.63) is 41.7 Å². The number of hydrogen-bond acceptors (Lipinski definition) is 4. The van der Waals surface area contributed by atoms with Crippen molar-refractivity contribution in [2.24, 2.45) is 0 Å². The van der Waals surface area contributed by atoms with Crippen LogP contribution in [0.25, 0.3) is 22.9 Å². The Morgan fingerprint density at radius 1 is 1.21 bits per heavy atom. The van der Waals surface area contributed by atoms with Crippen molar-refractivity contribution in [3.8, 4) is 22.9 Å². The average Bonchev–Trinajstić information content (AvgIpc) is 3.07. The fourth-order valence-corrected chi connectivity index (χ4v) is 1.92. The summed E-state index contributed by atoms with van der Waals surface area (Å²) in [6.07, 6.45) is 3.58. The van der Waals surface area contributed by atoms with E-state index in [4.69, 9.17) is 16.0 Å². The van der Waals surface area contributed by atoms with Crippen LogP contribution in [0.2, 0.25) is 5.02 Å². The number of benzene rings is 1. The molecule has 0 aliphatic rings. The summed E-state index contributed by atoms with van der Waals surface area (Å²) in [5.74, 6) is 0.899. The molecule has 0 bridgehead atoms. The molecule has 3 rings (SSSR count). The van der Waals surface area contributed by atoms with Crippen molar-refractivity contribution in [1.29, 1.82) is 0 Å². The van der Waals surface area contributed by atoms with Crippen LogP contribution in [0.15, 0.2) is 41.1 Å². The number of aryl methyl sites for hydroxylation is 1. The zero-order chi connectivity index (χ0) is 13.2. The second-order valence-corrected chi connectivity index (χ2v) is 4.44. The molecule has 0 aliphatic heterocycles. The number of hydrogen-bond donors (Lipinski definition) is 0. The van der Waals surface area contributed by atoms with E-state index < -0.39 is 0 Å². The molecule has 0 spiro atoms. The number of aromatic nitrogens is 4. The molecule has 0 unspecified atom stereocenters. The molecule has 3 aromatic rings. The van der Waals surface area contributed by atoms with E-state index in [1.54, 1.807) is 23.0 Å². The fraction of sp³-hybridized carbons (Fsp3) is 0.154. The molecule has 0 aliphatic carbocycles. The van der Waals surface area contributed by atoms with Crippen molar-refractivity contribution in [2.45, 2.75) is 13.5 Å². The summed E-state index contributed by atoms with van der Waals surface area (Å²) < 4.78 is 7.44. The second kappa shape index (κ2) is 4.85. The highest BCUT2D eigenvalue weighted by Crippen LogP contribution is 2.25. The summed E-state index contributed by atoms with van der Waals surface area (Å²) in [4.78, 5) is 0. The molecule has 5 nitrogen and oxygen atoms in total. The van der Waals surface area contributed by atoms with Gasteiger partial charge in [0.25, 0.3) is 5.89 Å². The standard InChI is InChI=1S/C13H11ClN4O/c1-2-18-8-10(7-15-18)13-17-16-12(19-13)9-4-3-5-11(14)6-9/h3-8H,2H2,1H3. The Balaban J connectivity index is 1.95. The highest BCUT2D eigenvalue weighted by Gasteiger charge is 2.12. The van der Waals surface area contributed by atoms with Crippen LogP contribution in [-0.4, -0.2) is 20.0 Å². The van der Waals surface area contributed by atoms with Crippen molar-refractivity contribution >= 4 is 11.6 Å². The van der Waals surface area contributed by atoms with Gasteiger partial charge in [0.15, 0.2) is 0 Å². The zero-order valence-corrected chi connectivity index (χ0v) is 11.0. The minimum atomic E-state index is 0.446. The van der Waals surface area contributed by atoms with Gasteiger partial charge in [0.2, 0.25) is 5.89 Å². The van der Waals surface area contributed by atoms with E-state index in [0.29, 0.717) is 16.8 Å². The maximum atomic E-state index is 5.94. The Labute approximate surface area is 114 Å². The molecular weight excluding hydrogens is 264 g/mol. The molecular formula is C13H11ClN4O. The first kappa shape index (κ1) is 11.9. The van der Waals surface area contributed by atoms with Crippen LogP contribution >= 0.6 is 11.6 Å². The van der Waals surface area contributed by atoms with Crippen LogP contribution in [0, 0.1) is 0 Å². The monoisotopic (exact) mass is 274 g/mol. The van der Waals surface area contributed by atoms with Gasteiger partial charge < -0.3 is 4.42 Å². The average molecular weight is 275 g/mol. The molecule has 0 atom stereocenters. The van der Waals surface area contributed by atoms with E-state index in [0.717, 1.165) is 17.7 Å². The number of rotatable bonds is 3. The lowest BCUT2D eigenvalue weighted by molar-refractivity contribution is 0.584. The van der Waals surface area contributed by atoms with Gasteiger partial charge in [-0.25, -0.2) is 0 Å². The highest BCUT2D eigenvalue weighted by molar-refractivity contribution is 6.30. The molecule has 2 aromatic heterocycles. The summed E-state index contributed by atoms with van der Waals surface area (Å²) in [6, 6.07) is 7.30. The molecule has 0 saturated carbocycles. The van der Waals surface area contributed by atoms with Gasteiger partial charge in [-0.3, -0.25) is 4.68 Å². The van der Waals surface area contributed by atoms with Gasteiger partial charge in [0, 0.05) is 23.3 Å². The zero-order valence-electron chi connectivity index (χ0n) is 10.2. The van der Waals surface area contributed by atoms with Crippen LogP contribution in [-0.2, 0) is 6.54 Å². The first-order valence-electron chi connectivity index (χ1n) is 5.88. The third-order valence-corrected chi connectivity index (χ3v) is 2.94. The fourth-order valence-electron chi connectivity index (χ4n) is 1.73. The summed E-state index contributed by atoms with van der Waals surface area (Å²) in [5.41, 5.74) is 1.61. The Morgan fingerprint density at radius 2 is 2.00 bits per heavy atom. The van der Waals surface area contributed by atoms with Gasteiger partial charge in [-0.1, -0.05) is 17.7 Å². The van der Waals surface area contributed by atoms with Crippen molar-refractivity contribution in [2.75, 3.05) is 0 Å². The Hall–Kier alpha value is -2.14. The summed E-state index contributed by atoms with van der Waals surface area (Å²) in [7, 11) is 0. The molecule has 0 fully saturated rings. The quantitative estimate of drug-likeness (QED) is 0.735. The van der Waals surface area contributed by atoms with Crippen LogP contribution in [0.3, 0.4) is 0 Å². The van der Waals surface area contributed by atoms with E-state index in [1.165, 1.54) is 0 Å². The molecule has 19 heavy (non-hydrogen) atoms. The minimum absolute atomic E-state index is 0.446. The van der Waals surface area contributed by atoms with Crippen molar-refractivity contribution in [3.63, 3.8) is 0 Å². The maximum absolute atomic E-state index is 5.94. The van der Waals surface area contributed by atoms with Crippen LogP contribution in [0.4, 0.5) is 0 Å². The number of halogens is 1. The second-order valence-electron chi connectivity index (χ2n) is 4.01. The largest absolute Gasteiger partial charge is 0.416 e. The summed E-state index contributed by atoms with van der Waals surface area (Å²) in [6.45, 7) is 2.82. The van der Waals surface area contributed by atoms with E-state index in [1.807, 2.05) is 25.3 Å². The van der Waals surface area contributed by atoms with Crippen LogP contribution in [0.5, 0.6) is 0 Å². The van der Waals surface area contributed by atoms with Gasteiger partial charge in [-0.05, 0) is 25.1 Å².